The molecule has 0 unspecified atom stereocenters. The van der Waals surface area contributed by atoms with Gasteiger partial charge in [-0.05, 0) is 26.8 Å². The molecule has 1 heterocycles. The van der Waals surface area contributed by atoms with Crippen LogP contribution >= 0.6 is 0 Å². The van der Waals surface area contributed by atoms with Crippen LogP contribution in [0.15, 0.2) is 24.3 Å². The van der Waals surface area contributed by atoms with E-state index in [2.05, 4.69) is 10.2 Å². The van der Waals surface area contributed by atoms with Gasteiger partial charge in [0.1, 0.15) is 5.75 Å². The molecule has 2 amide bonds. The average Bonchev–Trinajstić information content (AvgIpc) is 2.61. The molecule has 0 aliphatic carbocycles. The summed E-state index contributed by atoms with van der Waals surface area (Å²) in [7, 11) is 0. The number of para-hydroxylation sites is 1. The fourth-order valence-corrected chi connectivity index (χ4v) is 3.19. The zero-order valence-corrected chi connectivity index (χ0v) is 15.5. The quantitative estimate of drug-likeness (QED) is 0.777. The molecule has 138 valence electrons. The minimum absolute atomic E-state index is 0.0233. The second-order valence-corrected chi connectivity index (χ2v) is 6.09. The molecular weight excluding hydrogens is 318 g/mol. The van der Waals surface area contributed by atoms with Gasteiger partial charge in [-0.2, -0.15) is 0 Å². The van der Waals surface area contributed by atoms with Crippen LogP contribution in [0.1, 0.15) is 32.8 Å². The number of carbonyl (C=O) groups is 2. The van der Waals surface area contributed by atoms with E-state index in [9.17, 15) is 9.59 Å². The Morgan fingerprint density at radius 2 is 2.00 bits per heavy atom. The summed E-state index contributed by atoms with van der Waals surface area (Å²) in [5.74, 6) is 0.792. The highest BCUT2D eigenvalue weighted by Gasteiger charge is 2.32. The highest BCUT2D eigenvalue weighted by Crippen LogP contribution is 2.22. The van der Waals surface area contributed by atoms with Crippen molar-refractivity contribution in [2.24, 2.45) is 0 Å². The third kappa shape index (κ3) is 4.95. The third-order valence-corrected chi connectivity index (χ3v) is 4.57. The summed E-state index contributed by atoms with van der Waals surface area (Å²) in [6, 6.07) is 7.44. The number of hydrogen-bond acceptors (Lipinski definition) is 4. The highest BCUT2D eigenvalue weighted by atomic mass is 16.5. The average molecular weight is 347 g/mol. The zero-order chi connectivity index (χ0) is 18.2. The van der Waals surface area contributed by atoms with E-state index < -0.39 is 6.04 Å². The maximum atomic E-state index is 12.5. The van der Waals surface area contributed by atoms with Crippen LogP contribution in [-0.4, -0.2) is 60.4 Å². The molecule has 6 heteroatoms. The van der Waals surface area contributed by atoms with Gasteiger partial charge in [-0.15, -0.1) is 0 Å². The van der Waals surface area contributed by atoms with Gasteiger partial charge < -0.3 is 15.0 Å². The van der Waals surface area contributed by atoms with E-state index in [-0.39, 0.29) is 18.2 Å². The van der Waals surface area contributed by atoms with Gasteiger partial charge in [0.05, 0.1) is 19.1 Å². The Hall–Kier alpha value is -2.08. The van der Waals surface area contributed by atoms with Crippen molar-refractivity contribution < 1.29 is 14.3 Å². The van der Waals surface area contributed by atoms with E-state index in [1.807, 2.05) is 45.0 Å². The molecule has 0 saturated carbocycles. The van der Waals surface area contributed by atoms with Crippen molar-refractivity contribution in [1.82, 2.24) is 15.1 Å². The molecule has 0 bridgehead atoms. The number of hydrogen-bond donors (Lipinski definition) is 1. The lowest BCUT2D eigenvalue weighted by Gasteiger charge is -2.35. The Morgan fingerprint density at radius 3 is 2.68 bits per heavy atom. The molecule has 2 rings (SSSR count). The zero-order valence-electron chi connectivity index (χ0n) is 15.5. The Bertz CT molecular complexity index is 587. The summed E-state index contributed by atoms with van der Waals surface area (Å²) in [5.41, 5.74) is 1.04. The molecule has 25 heavy (non-hydrogen) atoms. The molecule has 1 fully saturated rings. The maximum Gasteiger partial charge on any atom is 0.237 e. The first-order chi connectivity index (χ1) is 12.1. The Kier molecular flexibility index (Phi) is 7.25. The molecule has 0 spiro atoms. The van der Waals surface area contributed by atoms with Crippen LogP contribution < -0.4 is 10.1 Å². The number of rotatable bonds is 8. The van der Waals surface area contributed by atoms with Crippen molar-refractivity contribution in [2.45, 2.75) is 39.8 Å². The summed E-state index contributed by atoms with van der Waals surface area (Å²) >= 11 is 0. The van der Waals surface area contributed by atoms with E-state index in [0.717, 1.165) is 17.9 Å². The number of benzene rings is 1. The largest absolute Gasteiger partial charge is 0.494 e. The molecule has 1 saturated heterocycles. The van der Waals surface area contributed by atoms with Crippen LogP contribution in [0.25, 0.3) is 0 Å². The van der Waals surface area contributed by atoms with Crippen molar-refractivity contribution in [3.63, 3.8) is 0 Å². The van der Waals surface area contributed by atoms with Gasteiger partial charge in [0.25, 0.3) is 0 Å². The fraction of sp³-hybridized carbons (Fsp3) is 0.579. The molecule has 6 nitrogen and oxygen atoms in total. The van der Waals surface area contributed by atoms with Crippen molar-refractivity contribution in [1.29, 1.82) is 0 Å². The molecule has 1 aromatic carbocycles. The monoisotopic (exact) mass is 347 g/mol. The number of piperazine rings is 1. The second-order valence-electron chi connectivity index (χ2n) is 6.09. The lowest BCUT2D eigenvalue weighted by atomic mass is 10.1. The first-order valence-corrected chi connectivity index (χ1v) is 9.10. The van der Waals surface area contributed by atoms with E-state index >= 15 is 0 Å². The number of nitrogens with zero attached hydrogens (tertiary/aromatic N) is 2. The van der Waals surface area contributed by atoms with Crippen molar-refractivity contribution >= 4 is 11.8 Å². The van der Waals surface area contributed by atoms with Gasteiger partial charge in [-0.25, -0.2) is 0 Å². The maximum absolute atomic E-state index is 12.5. The van der Waals surface area contributed by atoms with Gasteiger partial charge in [0, 0.05) is 38.3 Å². The van der Waals surface area contributed by atoms with E-state index in [0.29, 0.717) is 32.8 Å². The normalized spacial score (nSPS) is 17.9. The fourth-order valence-electron chi connectivity index (χ4n) is 3.19. The topological polar surface area (TPSA) is 61.9 Å². The predicted octanol–water partition coefficient (Wildman–Crippen LogP) is 1.64. The van der Waals surface area contributed by atoms with Crippen molar-refractivity contribution in [3.8, 4) is 5.75 Å². The highest BCUT2D eigenvalue weighted by molar-refractivity contribution is 5.88. The lowest BCUT2D eigenvalue weighted by molar-refractivity contribution is -0.138. The molecule has 1 aromatic rings. The third-order valence-electron chi connectivity index (χ3n) is 4.57. The number of carbonyl (C=O) groups excluding carboxylic acids is 2. The first-order valence-electron chi connectivity index (χ1n) is 9.10. The van der Waals surface area contributed by atoms with Gasteiger partial charge in [0.2, 0.25) is 11.8 Å². The van der Waals surface area contributed by atoms with Gasteiger partial charge in [-0.1, -0.05) is 18.2 Å². The Morgan fingerprint density at radius 1 is 1.28 bits per heavy atom. The van der Waals surface area contributed by atoms with E-state index in [1.165, 1.54) is 0 Å². The molecule has 1 atom stereocenters. The molecule has 1 aliphatic heterocycles. The second kappa shape index (κ2) is 9.42. The summed E-state index contributed by atoms with van der Waals surface area (Å²) in [6.45, 7) is 9.72. The minimum Gasteiger partial charge on any atom is -0.494 e. The summed E-state index contributed by atoms with van der Waals surface area (Å²) in [6.07, 6.45) is 0.213. The first kappa shape index (κ1) is 19.2. The molecule has 0 aromatic heterocycles. The molecule has 1 aliphatic rings. The summed E-state index contributed by atoms with van der Waals surface area (Å²) in [5, 5.41) is 2.89. The van der Waals surface area contributed by atoms with Crippen LogP contribution in [-0.2, 0) is 16.1 Å². The molecular formula is C19H29N3O3. The number of amides is 2. The standard InChI is InChI=1S/C19H29N3O3/c1-4-21(5-2)18(23)13-16-19(24)20-11-12-22(16)14-15-9-7-8-10-17(15)25-6-3/h7-10,16H,4-6,11-14H2,1-3H3,(H,20,24)/t16-/m1/s1. The van der Waals surface area contributed by atoms with Crippen LogP contribution in [0.3, 0.4) is 0 Å². The SMILES string of the molecule is CCOc1ccccc1CN1CCNC(=O)[C@H]1CC(=O)N(CC)CC. The van der Waals surface area contributed by atoms with Crippen molar-refractivity contribution in [3.05, 3.63) is 29.8 Å². The lowest BCUT2D eigenvalue weighted by Crippen LogP contribution is -2.56. The van der Waals surface area contributed by atoms with Crippen LogP contribution in [0.4, 0.5) is 0 Å². The van der Waals surface area contributed by atoms with E-state index in [1.54, 1.807) is 4.90 Å². The van der Waals surface area contributed by atoms with Gasteiger partial charge >= 0.3 is 0 Å². The number of ether oxygens (including phenoxy) is 1. The van der Waals surface area contributed by atoms with E-state index in [4.69, 9.17) is 4.74 Å². The van der Waals surface area contributed by atoms with Crippen LogP contribution in [0, 0.1) is 0 Å². The summed E-state index contributed by atoms with van der Waals surface area (Å²) < 4.78 is 5.69. The van der Waals surface area contributed by atoms with Gasteiger partial charge in [0.15, 0.2) is 0 Å². The summed E-state index contributed by atoms with van der Waals surface area (Å²) in [4.78, 5) is 28.7. The van der Waals surface area contributed by atoms with Gasteiger partial charge in [-0.3, -0.25) is 14.5 Å². The number of nitrogens with one attached hydrogen (secondary N) is 1. The van der Waals surface area contributed by atoms with Crippen LogP contribution in [0.5, 0.6) is 5.75 Å². The Balaban J connectivity index is 2.14. The predicted molar refractivity (Wildman–Crippen MR) is 97.4 cm³/mol. The smallest absolute Gasteiger partial charge is 0.237 e. The van der Waals surface area contributed by atoms with Crippen LogP contribution in [0.2, 0.25) is 0 Å². The Labute approximate surface area is 150 Å². The molecule has 0 radical (unpaired) electrons. The van der Waals surface area contributed by atoms with Crippen molar-refractivity contribution in [2.75, 3.05) is 32.8 Å². The molecule has 1 N–H and O–H groups in total. The minimum atomic E-state index is -0.434.